The molecule has 1 aliphatic heterocycles. The summed E-state index contributed by atoms with van der Waals surface area (Å²) in [5, 5.41) is 6.37. The second-order valence-electron chi connectivity index (χ2n) is 7.37. The van der Waals surface area contributed by atoms with Crippen molar-refractivity contribution in [1.82, 2.24) is 0 Å². The van der Waals surface area contributed by atoms with Crippen LogP contribution in [-0.2, 0) is 4.79 Å². The Bertz CT molecular complexity index is 753. The van der Waals surface area contributed by atoms with Gasteiger partial charge >= 0.3 is 0 Å². The molecule has 1 saturated heterocycles. The molecule has 0 aromatic heterocycles. The summed E-state index contributed by atoms with van der Waals surface area (Å²) < 4.78 is 0. The number of hydrogen-bond acceptors (Lipinski definition) is 3. The summed E-state index contributed by atoms with van der Waals surface area (Å²) in [7, 11) is 0. The lowest BCUT2D eigenvalue weighted by Crippen LogP contribution is -2.32. The van der Waals surface area contributed by atoms with Crippen molar-refractivity contribution < 1.29 is 4.79 Å². The highest BCUT2D eigenvalue weighted by molar-refractivity contribution is 5.97. The van der Waals surface area contributed by atoms with Gasteiger partial charge in [-0.3, -0.25) is 4.79 Å². The van der Waals surface area contributed by atoms with E-state index in [1.165, 1.54) is 24.1 Å². The third kappa shape index (κ3) is 4.18. The van der Waals surface area contributed by atoms with Crippen molar-refractivity contribution in [2.24, 2.45) is 0 Å². The van der Waals surface area contributed by atoms with Crippen molar-refractivity contribution in [2.75, 3.05) is 28.6 Å². The second kappa shape index (κ2) is 7.81. The SMILES string of the molecule is Cc1cc(C)c(NC(=O)[C@H](C)Nc2ccc(N3CCCC3)cc2)c(C)c1. The molecule has 0 unspecified atom stereocenters. The fourth-order valence-electron chi connectivity index (χ4n) is 3.67. The maximum Gasteiger partial charge on any atom is 0.246 e. The zero-order valence-electron chi connectivity index (χ0n) is 16.2. The minimum Gasteiger partial charge on any atom is -0.374 e. The first-order valence-corrected chi connectivity index (χ1v) is 9.44. The number of amides is 1. The molecule has 3 rings (SSSR count). The molecule has 1 heterocycles. The smallest absolute Gasteiger partial charge is 0.246 e. The van der Waals surface area contributed by atoms with E-state index >= 15 is 0 Å². The molecule has 4 nitrogen and oxygen atoms in total. The van der Waals surface area contributed by atoms with Gasteiger partial charge in [-0.05, 0) is 75.9 Å². The third-order valence-corrected chi connectivity index (χ3v) is 5.04. The molecule has 0 spiro atoms. The van der Waals surface area contributed by atoms with Crippen LogP contribution in [0, 0.1) is 20.8 Å². The predicted molar refractivity (Wildman–Crippen MR) is 110 cm³/mol. The number of aryl methyl sites for hydroxylation is 3. The average Bonchev–Trinajstić information content (AvgIpc) is 3.13. The molecule has 1 atom stereocenters. The largest absolute Gasteiger partial charge is 0.374 e. The zero-order chi connectivity index (χ0) is 18.7. The van der Waals surface area contributed by atoms with Gasteiger partial charge in [0.15, 0.2) is 0 Å². The highest BCUT2D eigenvalue weighted by Gasteiger charge is 2.16. The molecule has 0 aliphatic carbocycles. The van der Waals surface area contributed by atoms with E-state index in [2.05, 4.69) is 58.9 Å². The van der Waals surface area contributed by atoms with Crippen LogP contribution in [0.25, 0.3) is 0 Å². The van der Waals surface area contributed by atoms with E-state index in [-0.39, 0.29) is 11.9 Å². The van der Waals surface area contributed by atoms with E-state index in [9.17, 15) is 4.79 Å². The lowest BCUT2D eigenvalue weighted by molar-refractivity contribution is -0.116. The second-order valence-corrected chi connectivity index (χ2v) is 7.37. The van der Waals surface area contributed by atoms with E-state index in [0.29, 0.717) is 0 Å². The summed E-state index contributed by atoms with van der Waals surface area (Å²) in [5.74, 6) is -0.0244. The number of carbonyl (C=O) groups excluding carboxylic acids is 1. The van der Waals surface area contributed by atoms with Crippen LogP contribution >= 0.6 is 0 Å². The van der Waals surface area contributed by atoms with Crippen LogP contribution in [0.5, 0.6) is 0 Å². The molecule has 1 fully saturated rings. The van der Waals surface area contributed by atoms with Crippen molar-refractivity contribution >= 4 is 23.0 Å². The molecule has 26 heavy (non-hydrogen) atoms. The van der Waals surface area contributed by atoms with Crippen molar-refractivity contribution in [3.05, 3.63) is 53.1 Å². The summed E-state index contributed by atoms with van der Waals surface area (Å²) >= 11 is 0. The summed E-state index contributed by atoms with van der Waals surface area (Å²) in [4.78, 5) is 15.0. The molecule has 2 N–H and O–H groups in total. The Morgan fingerprint density at radius 2 is 1.58 bits per heavy atom. The number of nitrogens with one attached hydrogen (secondary N) is 2. The molecule has 1 aliphatic rings. The van der Waals surface area contributed by atoms with Crippen molar-refractivity contribution in [3.8, 4) is 0 Å². The number of rotatable bonds is 5. The fourth-order valence-corrected chi connectivity index (χ4v) is 3.67. The van der Waals surface area contributed by atoms with Gasteiger partial charge in [0.1, 0.15) is 6.04 Å². The number of nitrogens with zero attached hydrogens (tertiary/aromatic N) is 1. The van der Waals surface area contributed by atoms with Gasteiger partial charge in [0.05, 0.1) is 0 Å². The van der Waals surface area contributed by atoms with E-state index in [0.717, 1.165) is 35.6 Å². The maximum absolute atomic E-state index is 12.6. The van der Waals surface area contributed by atoms with Crippen LogP contribution in [0.3, 0.4) is 0 Å². The van der Waals surface area contributed by atoms with Crippen LogP contribution < -0.4 is 15.5 Å². The Labute approximate surface area is 156 Å². The minimum atomic E-state index is -0.312. The van der Waals surface area contributed by atoms with Gasteiger partial charge in [-0.2, -0.15) is 0 Å². The van der Waals surface area contributed by atoms with Crippen LogP contribution in [0.2, 0.25) is 0 Å². The molecule has 138 valence electrons. The highest BCUT2D eigenvalue weighted by atomic mass is 16.2. The molecule has 2 aromatic carbocycles. The van der Waals surface area contributed by atoms with Gasteiger partial charge in [0, 0.05) is 30.2 Å². The van der Waals surface area contributed by atoms with Gasteiger partial charge in [-0.1, -0.05) is 17.7 Å². The first-order chi connectivity index (χ1) is 12.4. The van der Waals surface area contributed by atoms with Gasteiger partial charge in [0.25, 0.3) is 0 Å². The Morgan fingerprint density at radius 1 is 1.00 bits per heavy atom. The fraction of sp³-hybridized carbons (Fsp3) is 0.409. The molecule has 4 heteroatoms. The number of carbonyl (C=O) groups is 1. The predicted octanol–water partition coefficient (Wildman–Crippen LogP) is 4.65. The lowest BCUT2D eigenvalue weighted by Gasteiger charge is -2.20. The quantitative estimate of drug-likeness (QED) is 0.824. The van der Waals surface area contributed by atoms with Crippen molar-refractivity contribution in [2.45, 2.75) is 46.6 Å². The number of hydrogen-bond donors (Lipinski definition) is 2. The standard InChI is InChI=1S/C22H29N3O/c1-15-13-16(2)21(17(3)14-15)24-22(26)18(4)23-19-7-9-20(10-8-19)25-11-5-6-12-25/h7-10,13-14,18,23H,5-6,11-12H2,1-4H3,(H,24,26)/t18-/m0/s1. The van der Waals surface area contributed by atoms with E-state index in [4.69, 9.17) is 0 Å². The maximum atomic E-state index is 12.6. The van der Waals surface area contributed by atoms with Crippen molar-refractivity contribution in [1.29, 1.82) is 0 Å². The average molecular weight is 351 g/mol. The van der Waals surface area contributed by atoms with E-state index in [1.54, 1.807) is 0 Å². The summed E-state index contributed by atoms with van der Waals surface area (Å²) in [6.07, 6.45) is 2.55. The Balaban J connectivity index is 1.62. The van der Waals surface area contributed by atoms with Crippen LogP contribution in [0.1, 0.15) is 36.5 Å². The monoisotopic (exact) mass is 351 g/mol. The Kier molecular flexibility index (Phi) is 5.50. The molecule has 0 bridgehead atoms. The Hall–Kier alpha value is -2.49. The van der Waals surface area contributed by atoms with Crippen LogP contribution in [-0.4, -0.2) is 25.0 Å². The molecular formula is C22H29N3O. The van der Waals surface area contributed by atoms with Crippen LogP contribution in [0.4, 0.5) is 17.1 Å². The van der Waals surface area contributed by atoms with Crippen LogP contribution in [0.15, 0.2) is 36.4 Å². The van der Waals surface area contributed by atoms with Gasteiger partial charge in [-0.25, -0.2) is 0 Å². The first-order valence-electron chi connectivity index (χ1n) is 9.44. The van der Waals surface area contributed by atoms with E-state index in [1.807, 2.05) is 20.8 Å². The van der Waals surface area contributed by atoms with Gasteiger partial charge < -0.3 is 15.5 Å². The Morgan fingerprint density at radius 3 is 2.15 bits per heavy atom. The molecule has 2 aromatic rings. The highest BCUT2D eigenvalue weighted by Crippen LogP contribution is 2.24. The molecule has 1 amide bonds. The summed E-state index contributed by atoms with van der Waals surface area (Å²) in [6.45, 7) is 10.3. The molecule has 0 radical (unpaired) electrons. The summed E-state index contributed by atoms with van der Waals surface area (Å²) in [6, 6.07) is 12.3. The van der Waals surface area contributed by atoms with Gasteiger partial charge in [0.2, 0.25) is 5.91 Å². The van der Waals surface area contributed by atoms with Crippen molar-refractivity contribution in [3.63, 3.8) is 0 Å². The van der Waals surface area contributed by atoms with E-state index < -0.39 is 0 Å². The number of benzene rings is 2. The topological polar surface area (TPSA) is 44.4 Å². The third-order valence-electron chi connectivity index (χ3n) is 5.04. The summed E-state index contributed by atoms with van der Waals surface area (Å²) in [5.41, 5.74) is 6.54. The molecule has 0 saturated carbocycles. The lowest BCUT2D eigenvalue weighted by atomic mass is 10.0. The minimum absolute atomic E-state index is 0.0244. The van der Waals surface area contributed by atoms with Gasteiger partial charge in [-0.15, -0.1) is 0 Å². The normalized spacial score (nSPS) is 15.0. The zero-order valence-corrected chi connectivity index (χ0v) is 16.2. The molecular weight excluding hydrogens is 322 g/mol. The number of anilines is 3. The first kappa shape index (κ1) is 18.3.